The van der Waals surface area contributed by atoms with Gasteiger partial charge in [0, 0.05) is 17.0 Å². The highest BCUT2D eigenvalue weighted by Gasteiger charge is 2.19. The predicted molar refractivity (Wildman–Crippen MR) is 99.2 cm³/mol. The third kappa shape index (κ3) is 3.85. The molecule has 0 aliphatic rings. The number of furan rings is 1. The van der Waals surface area contributed by atoms with Crippen LogP contribution in [0.15, 0.2) is 52.9 Å². The number of carbonyl (C=O) groups excluding carboxylic acids is 1. The number of rotatable bonds is 6. The molecule has 1 heterocycles. The van der Waals surface area contributed by atoms with E-state index in [1.807, 2.05) is 50.2 Å². The minimum atomic E-state index is -0.173. The molecule has 1 atom stereocenters. The fourth-order valence-corrected chi connectivity index (χ4v) is 2.93. The molecule has 3 aromatic rings. The van der Waals surface area contributed by atoms with E-state index in [1.54, 1.807) is 7.11 Å². The van der Waals surface area contributed by atoms with Crippen molar-refractivity contribution in [2.45, 2.75) is 32.7 Å². The number of hydrogen-bond acceptors (Lipinski definition) is 3. The molecule has 1 aromatic heterocycles. The van der Waals surface area contributed by atoms with Crippen LogP contribution in [-0.4, -0.2) is 19.1 Å². The lowest BCUT2D eigenvalue weighted by molar-refractivity contribution is 0.0911. The number of carbonyl (C=O) groups is 1. The summed E-state index contributed by atoms with van der Waals surface area (Å²) >= 11 is 0. The van der Waals surface area contributed by atoms with Crippen LogP contribution in [0.4, 0.5) is 0 Å². The number of aryl methyl sites for hydroxylation is 2. The van der Waals surface area contributed by atoms with Gasteiger partial charge in [-0.2, -0.15) is 0 Å². The highest BCUT2D eigenvalue weighted by atomic mass is 16.5. The van der Waals surface area contributed by atoms with E-state index in [9.17, 15) is 4.79 Å². The predicted octanol–water partition coefficient (Wildman–Crippen LogP) is 4.50. The Kier molecular flexibility index (Phi) is 5.08. The molecule has 0 aliphatic heterocycles. The average Bonchev–Trinajstić information content (AvgIpc) is 2.97. The second kappa shape index (κ2) is 7.43. The van der Waals surface area contributed by atoms with Gasteiger partial charge in [-0.05, 0) is 50.5 Å². The third-order valence-electron chi connectivity index (χ3n) is 4.44. The van der Waals surface area contributed by atoms with E-state index in [0.717, 1.165) is 29.5 Å². The van der Waals surface area contributed by atoms with Crippen molar-refractivity contribution in [3.8, 4) is 5.75 Å². The fraction of sp³-hybridized carbons (Fsp3) is 0.286. The molecule has 0 aliphatic carbocycles. The van der Waals surface area contributed by atoms with Crippen LogP contribution in [0.3, 0.4) is 0 Å². The van der Waals surface area contributed by atoms with Crippen LogP contribution in [0.25, 0.3) is 11.0 Å². The van der Waals surface area contributed by atoms with Crippen LogP contribution in [0.1, 0.15) is 35.0 Å². The quantitative estimate of drug-likeness (QED) is 0.720. The summed E-state index contributed by atoms with van der Waals surface area (Å²) in [7, 11) is 1.62. The molecule has 0 spiro atoms. The Morgan fingerprint density at radius 2 is 1.96 bits per heavy atom. The fourth-order valence-electron chi connectivity index (χ4n) is 2.93. The number of fused-ring (bicyclic) bond motifs is 1. The zero-order chi connectivity index (χ0) is 17.8. The summed E-state index contributed by atoms with van der Waals surface area (Å²) in [4.78, 5) is 12.6. The molecule has 0 fully saturated rings. The first-order valence-corrected chi connectivity index (χ1v) is 8.50. The summed E-state index contributed by atoms with van der Waals surface area (Å²) in [6.45, 7) is 3.91. The molecule has 25 heavy (non-hydrogen) atoms. The molecule has 130 valence electrons. The lowest BCUT2D eigenvalue weighted by Crippen LogP contribution is -2.33. The van der Waals surface area contributed by atoms with Crippen LogP contribution in [0.2, 0.25) is 0 Å². The molecule has 0 radical (unpaired) electrons. The average molecular weight is 337 g/mol. The number of amides is 1. The first-order chi connectivity index (χ1) is 12.1. The Morgan fingerprint density at radius 1 is 1.20 bits per heavy atom. The molecule has 4 nitrogen and oxygen atoms in total. The summed E-state index contributed by atoms with van der Waals surface area (Å²) in [5.41, 5.74) is 2.80. The highest BCUT2D eigenvalue weighted by Crippen LogP contribution is 2.28. The summed E-state index contributed by atoms with van der Waals surface area (Å²) in [5, 5.41) is 3.94. The van der Waals surface area contributed by atoms with E-state index in [-0.39, 0.29) is 11.9 Å². The molecule has 2 aromatic carbocycles. The van der Waals surface area contributed by atoms with E-state index in [2.05, 4.69) is 17.4 Å². The molecule has 0 saturated heterocycles. The molecule has 0 saturated carbocycles. The Labute approximate surface area is 147 Å². The van der Waals surface area contributed by atoms with Gasteiger partial charge in [0.05, 0.1) is 7.11 Å². The first-order valence-electron chi connectivity index (χ1n) is 8.50. The van der Waals surface area contributed by atoms with E-state index in [1.165, 1.54) is 5.56 Å². The van der Waals surface area contributed by atoms with Gasteiger partial charge >= 0.3 is 0 Å². The molecule has 0 bridgehead atoms. The number of hydrogen-bond donors (Lipinski definition) is 1. The van der Waals surface area contributed by atoms with Crippen molar-refractivity contribution in [2.24, 2.45) is 0 Å². The lowest BCUT2D eigenvalue weighted by Gasteiger charge is -2.13. The van der Waals surface area contributed by atoms with Crippen molar-refractivity contribution < 1.29 is 13.9 Å². The molecule has 1 amide bonds. The molecule has 4 heteroatoms. The van der Waals surface area contributed by atoms with Crippen molar-refractivity contribution in [3.63, 3.8) is 0 Å². The van der Waals surface area contributed by atoms with Gasteiger partial charge in [0.15, 0.2) is 5.76 Å². The number of methoxy groups -OCH3 is 1. The van der Waals surface area contributed by atoms with Gasteiger partial charge in [-0.25, -0.2) is 0 Å². The van der Waals surface area contributed by atoms with Gasteiger partial charge in [-0.1, -0.05) is 30.3 Å². The molecule has 3 rings (SSSR count). The van der Waals surface area contributed by atoms with Crippen LogP contribution < -0.4 is 10.1 Å². The molecule has 1 unspecified atom stereocenters. The second-order valence-corrected chi connectivity index (χ2v) is 6.32. The largest absolute Gasteiger partial charge is 0.497 e. The topological polar surface area (TPSA) is 51.5 Å². The SMILES string of the molecule is COc1ccc2oc(C(=O)NC(C)CCc3ccccc3)c(C)c2c1. The Morgan fingerprint density at radius 3 is 2.68 bits per heavy atom. The maximum Gasteiger partial charge on any atom is 0.287 e. The number of nitrogens with one attached hydrogen (secondary N) is 1. The van der Waals surface area contributed by atoms with Gasteiger partial charge in [-0.3, -0.25) is 4.79 Å². The van der Waals surface area contributed by atoms with Crippen molar-refractivity contribution >= 4 is 16.9 Å². The van der Waals surface area contributed by atoms with Gasteiger partial charge in [0.25, 0.3) is 5.91 Å². The standard InChI is InChI=1S/C21H23NO3/c1-14(9-10-16-7-5-4-6-8-16)22-21(23)20-15(2)18-13-17(24-3)11-12-19(18)25-20/h4-8,11-14H,9-10H2,1-3H3,(H,22,23). The maximum atomic E-state index is 12.6. The minimum Gasteiger partial charge on any atom is -0.497 e. The van der Waals surface area contributed by atoms with Crippen molar-refractivity contribution in [2.75, 3.05) is 7.11 Å². The number of ether oxygens (including phenoxy) is 1. The normalized spacial score (nSPS) is 12.1. The van der Waals surface area contributed by atoms with Crippen LogP contribution >= 0.6 is 0 Å². The van der Waals surface area contributed by atoms with E-state index < -0.39 is 0 Å². The smallest absolute Gasteiger partial charge is 0.287 e. The van der Waals surface area contributed by atoms with Crippen molar-refractivity contribution in [1.82, 2.24) is 5.32 Å². The Hall–Kier alpha value is -2.75. The Balaban J connectivity index is 1.68. The van der Waals surface area contributed by atoms with Crippen molar-refractivity contribution in [3.05, 3.63) is 65.4 Å². The van der Waals surface area contributed by atoms with E-state index in [4.69, 9.17) is 9.15 Å². The van der Waals surface area contributed by atoms with Crippen LogP contribution in [0.5, 0.6) is 5.75 Å². The van der Waals surface area contributed by atoms with E-state index in [0.29, 0.717) is 11.3 Å². The number of benzene rings is 2. The summed E-state index contributed by atoms with van der Waals surface area (Å²) in [6.07, 6.45) is 1.81. The molecule has 1 N–H and O–H groups in total. The maximum absolute atomic E-state index is 12.6. The van der Waals surface area contributed by atoms with E-state index >= 15 is 0 Å². The van der Waals surface area contributed by atoms with Gasteiger partial charge in [0.1, 0.15) is 11.3 Å². The summed E-state index contributed by atoms with van der Waals surface area (Å²) in [5.74, 6) is 0.947. The van der Waals surface area contributed by atoms with Gasteiger partial charge < -0.3 is 14.5 Å². The monoisotopic (exact) mass is 337 g/mol. The first kappa shape index (κ1) is 17.1. The van der Waals surface area contributed by atoms with Crippen LogP contribution in [0, 0.1) is 6.92 Å². The lowest BCUT2D eigenvalue weighted by atomic mass is 10.1. The third-order valence-corrected chi connectivity index (χ3v) is 4.44. The van der Waals surface area contributed by atoms with Crippen LogP contribution in [-0.2, 0) is 6.42 Å². The van der Waals surface area contributed by atoms with Crippen molar-refractivity contribution in [1.29, 1.82) is 0 Å². The zero-order valence-corrected chi connectivity index (χ0v) is 14.8. The second-order valence-electron chi connectivity index (χ2n) is 6.32. The highest BCUT2D eigenvalue weighted by molar-refractivity contribution is 5.99. The zero-order valence-electron chi connectivity index (χ0n) is 14.8. The molecular weight excluding hydrogens is 314 g/mol. The minimum absolute atomic E-state index is 0.0647. The van der Waals surface area contributed by atoms with Gasteiger partial charge in [0.2, 0.25) is 0 Å². The Bertz CT molecular complexity index is 867. The summed E-state index contributed by atoms with van der Waals surface area (Å²) in [6, 6.07) is 15.9. The molecular formula is C21H23NO3. The summed E-state index contributed by atoms with van der Waals surface area (Å²) < 4.78 is 11.0. The van der Waals surface area contributed by atoms with Gasteiger partial charge in [-0.15, -0.1) is 0 Å².